The van der Waals surface area contributed by atoms with Crippen LogP contribution < -0.4 is 11.1 Å². The van der Waals surface area contributed by atoms with Crippen LogP contribution in [0, 0.1) is 0 Å². The van der Waals surface area contributed by atoms with E-state index >= 15 is 0 Å². The Morgan fingerprint density at radius 2 is 1.86 bits per heavy atom. The summed E-state index contributed by atoms with van der Waals surface area (Å²) >= 11 is 0. The third-order valence-electron chi connectivity index (χ3n) is 3.17. The number of hydrogen-bond acceptors (Lipinski definition) is 3. The number of aromatic carboxylic acids is 1. The van der Waals surface area contributed by atoms with Crippen molar-refractivity contribution in [3.63, 3.8) is 0 Å². The van der Waals surface area contributed by atoms with Crippen molar-refractivity contribution in [3.05, 3.63) is 59.2 Å². The normalized spacial score (nSPS) is 10.1. The minimum absolute atomic E-state index is 0.0303. The number of carbonyl (C=O) groups is 2. The number of amides is 1. The van der Waals surface area contributed by atoms with Gasteiger partial charge in [-0.2, -0.15) is 0 Å². The van der Waals surface area contributed by atoms with E-state index in [1.807, 2.05) is 19.1 Å². The molecule has 2 rings (SSSR count). The first kappa shape index (κ1) is 14.6. The summed E-state index contributed by atoms with van der Waals surface area (Å²) in [7, 11) is 0. The van der Waals surface area contributed by atoms with Gasteiger partial charge in [-0.1, -0.05) is 25.1 Å². The van der Waals surface area contributed by atoms with Crippen LogP contribution in [0.3, 0.4) is 0 Å². The highest BCUT2D eigenvalue weighted by molar-refractivity contribution is 6.08. The van der Waals surface area contributed by atoms with Crippen molar-refractivity contribution >= 4 is 23.3 Å². The van der Waals surface area contributed by atoms with Crippen molar-refractivity contribution in [2.24, 2.45) is 0 Å². The topological polar surface area (TPSA) is 92.4 Å². The Morgan fingerprint density at radius 3 is 2.52 bits per heavy atom. The molecule has 0 aliphatic heterocycles. The first-order valence-corrected chi connectivity index (χ1v) is 6.55. The summed E-state index contributed by atoms with van der Waals surface area (Å²) in [4.78, 5) is 23.5. The predicted octanol–water partition coefficient (Wildman–Crippen LogP) is 2.78. The minimum atomic E-state index is -1.14. The maximum atomic E-state index is 12.3. The van der Waals surface area contributed by atoms with Gasteiger partial charge in [-0.15, -0.1) is 0 Å². The van der Waals surface area contributed by atoms with E-state index in [4.69, 9.17) is 10.8 Å². The van der Waals surface area contributed by atoms with Gasteiger partial charge in [0.2, 0.25) is 0 Å². The maximum absolute atomic E-state index is 12.3. The molecule has 0 aromatic heterocycles. The summed E-state index contributed by atoms with van der Waals surface area (Å²) < 4.78 is 0. The van der Waals surface area contributed by atoms with Gasteiger partial charge in [-0.25, -0.2) is 4.79 Å². The molecule has 108 valence electrons. The van der Waals surface area contributed by atoms with Gasteiger partial charge in [0, 0.05) is 11.3 Å². The number of hydrogen-bond donors (Lipinski definition) is 3. The molecule has 0 fully saturated rings. The van der Waals surface area contributed by atoms with Gasteiger partial charge in [-0.05, 0) is 36.2 Å². The molecule has 0 saturated carbocycles. The molecule has 2 aromatic rings. The number of rotatable bonds is 4. The summed E-state index contributed by atoms with van der Waals surface area (Å²) in [5, 5.41) is 11.8. The Morgan fingerprint density at radius 1 is 1.14 bits per heavy atom. The van der Waals surface area contributed by atoms with E-state index in [0.29, 0.717) is 11.3 Å². The SMILES string of the molecule is CCc1ccccc1C(=O)Nc1ccc(N)cc1C(=O)O. The average molecular weight is 284 g/mol. The summed E-state index contributed by atoms with van der Waals surface area (Å²) in [6, 6.07) is 11.6. The zero-order valence-electron chi connectivity index (χ0n) is 11.6. The highest BCUT2D eigenvalue weighted by Gasteiger charge is 2.15. The third-order valence-corrected chi connectivity index (χ3v) is 3.17. The number of carboxylic acid groups (broad SMARTS) is 1. The molecule has 2 aromatic carbocycles. The molecule has 0 heterocycles. The fourth-order valence-corrected chi connectivity index (χ4v) is 2.09. The molecule has 0 bridgehead atoms. The molecule has 21 heavy (non-hydrogen) atoms. The Labute approximate surface area is 122 Å². The lowest BCUT2D eigenvalue weighted by Crippen LogP contribution is -2.16. The van der Waals surface area contributed by atoms with E-state index in [1.165, 1.54) is 12.1 Å². The van der Waals surface area contributed by atoms with Crippen molar-refractivity contribution in [1.29, 1.82) is 0 Å². The number of carbonyl (C=O) groups excluding carboxylic acids is 1. The van der Waals surface area contributed by atoms with Crippen molar-refractivity contribution in [2.45, 2.75) is 13.3 Å². The highest BCUT2D eigenvalue weighted by atomic mass is 16.4. The second kappa shape index (κ2) is 6.09. The molecule has 5 nitrogen and oxygen atoms in total. The third kappa shape index (κ3) is 3.20. The maximum Gasteiger partial charge on any atom is 0.337 e. The molecule has 0 unspecified atom stereocenters. The lowest BCUT2D eigenvalue weighted by atomic mass is 10.0. The summed E-state index contributed by atoms with van der Waals surface area (Å²) in [5.74, 6) is -1.47. The number of nitrogen functional groups attached to an aromatic ring is 1. The second-order valence-corrected chi connectivity index (χ2v) is 4.57. The van der Waals surface area contributed by atoms with Crippen LogP contribution >= 0.6 is 0 Å². The van der Waals surface area contributed by atoms with Crippen LogP contribution in [0.4, 0.5) is 11.4 Å². The highest BCUT2D eigenvalue weighted by Crippen LogP contribution is 2.20. The lowest BCUT2D eigenvalue weighted by molar-refractivity contribution is 0.0698. The monoisotopic (exact) mass is 284 g/mol. The first-order valence-electron chi connectivity index (χ1n) is 6.55. The number of nitrogens with one attached hydrogen (secondary N) is 1. The average Bonchev–Trinajstić information content (AvgIpc) is 2.48. The molecular weight excluding hydrogens is 268 g/mol. The fourth-order valence-electron chi connectivity index (χ4n) is 2.09. The van der Waals surface area contributed by atoms with Gasteiger partial charge in [0.05, 0.1) is 11.3 Å². The molecule has 4 N–H and O–H groups in total. The van der Waals surface area contributed by atoms with Crippen LogP contribution in [0.2, 0.25) is 0 Å². The Balaban J connectivity index is 2.34. The van der Waals surface area contributed by atoms with Crippen LogP contribution in [0.1, 0.15) is 33.2 Å². The first-order chi connectivity index (χ1) is 10.0. The van der Waals surface area contributed by atoms with E-state index < -0.39 is 5.97 Å². The largest absolute Gasteiger partial charge is 0.478 e. The number of carboxylic acids is 1. The summed E-state index contributed by atoms with van der Waals surface area (Å²) in [5.41, 5.74) is 7.55. The molecule has 0 radical (unpaired) electrons. The smallest absolute Gasteiger partial charge is 0.337 e. The van der Waals surface area contributed by atoms with Gasteiger partial charge in [0.1, 0.15) is 0 Å². The molecule has 0 saturated heterocycles. The molecule has 0 spiro atoms. The van der Waals surface area contributed by atoms with Crippen molar-refractivity contribution in [3.8, 4) is 0 Å². The van der Waals surface area contributed by atoms with E-state index in [9.17, 15) is 9.59 Å². The van der Waals surface area contributed by atoms with Gasteiger partial charge in [-0.3, -0.25) is 4.79 Å². The zero-order valence-corrected chi connectivity index (χ0v) is 11.6. The van der Waals surface area contributed by atoms with E-state index in [0.717, 1.165) is 12.0 Å². The summed E-state index contributed by atoms with van der Waals surface area (Å²) in [6.45, 7) is 1.96. The predicted molar refractivity (Wildman–Crippen MR) is 81.6 cm³/mol. The fraction of sp³-hybridized carbons (Fsp3) is 0.125. The van der Waals surface area contributed by atoms with E-state index in [-0.39, 0.29) is 17.2 Å². The van der Waals surface area contributed by atoms with Crippen molar-refractivity contribution in [1.82, 2.24) is 0 Å². The van der Waals surface area contributed by atoms with Crippen LogP contribution in [0.5, 0.6) is 0 Å². The Bertz CT molecular complexity index is 696. The van der Waals surface area contributed by atoms with Gasteiger partial charge < -0.3 is 16.2 Å². The molecular formula is C16H16N2O3. The molecule has 0 aliphatic rings. The standard InChI is InChI=1S/C16H16N2O3/c1-2-10-5-3-4-6-12(10)15(19)18-14-8-7-11(17)9-13(14)16(20)21/h3-9H,2,17H2,1H3,(H,18,19)(H,20,21). The molecule has 1 amide bonds. The van der Waals surface area contributed by atoms with Crippen molar-refractivity contribution < 1.29 is 14.7 Å². The van der Waals surface area contributed by atoms with Crippen LogP contribution in [-0.2, 0) is 6.42 Å². The number of anilines is 2. The van der Waals surface area contributed by atoms with Crippen molar-refractivity contribution in [2.75, 3.05) is 11.1 Å². The van der Waals surface area contributed by atoms with E-state index in [2.05, 4.69) is 5.32 Å². The summed E-state index contributed by atoms with van der Waals surface area (Å²) in [6.07, 6.45) is 0.719. The van der Waals surface area contributed by atoms with Crippen LogP contribution in [0.25, 0.3) is 0 Å². The number of nitrogens with two attached hydrogens (primary N) is 1. The lowest BCUT2D eigenvalue weighted by Gasteiger charge is -2.11. The minimum Gasteiger partial charge on any atom is -0.478 e. The number of benzene rings is 2. The zero-order chi connectivity index (χ0) is 15.4. The number of aryl methyl sites for hydroxylation is 1. The van der Waals surface area contributed by atoms with Crippen LogP contribution in [-0.4, -0.2) is 17.0 Å². The van der Waals surface area contributed by atoms with Gasteiger partial charge in [0.15, 0.2) is 0 Å². The Kier molecular flexibility index (Phi) is 4.23. The van der Waals surface area contributed by atoms with Crippen LogP contribution in [0.15, 0.2) is 42.5 Å². The second-order valence-electron chi connectivity index (χ2n) is 4.57. The van der Waals surface area contributed by atoms with E-state index in [1.54, 1.807) is 18.2 Å². The van der Waals surface area contributed by atoms with Gasteiger partial charge in [0.25, 0.3) is 5.91 Å². The molecule has 0 atom stereocenters. The Hall–Kier alpha value is -2.82. The molecule has 0 aliphatic carbocycles. The quantitative estimate of drug-likeness (QED) is 0.753. The van der Waals surface area contributed by atoms with Gasteiger partial charge >= 0.3 is 5.97 Å². The molecule has 5 heteroatoms.